The number of hydrogen-bond donors (Lipinski definition) is 0. The Bertz CT molecular complexity index is 1330. The van der Waals surface area contributed by atoms with E-state index >= 15 is 0 Å². The number of hydrogen-bond acceptors (Lipinski definition) is 6. The lowest BCUT2D eigenvalue weighted by molar-refractivity contribution is -0.274. The summed E-state index contributed by atoms with van der Waals surface area (Å²) >= 11 is 0. The Hall–Kier alpha value is -3.38. The quantitative estimate of drug-likeness (QED) is 0.403. The zero-order valence-electron chi connectivity index (χ0n) is 18.8. The first kappa shape index (κ1) is 25.7. The van der Waals surface area contributed by atoms with Crippen LogP contribution in [0.2, 0.25) is 0 Å². The first-order valence-electron chi connectivity index (χ1n) is 11.0. The van der Waals surface area contributed by atoms with Gasteiger partial charge in [-0.25, -0.2) is 22.8 Å². The van der Waals surface area contributed by atoms with Gasteiger partial charge in [0, 0.05) is 24.2 Å². The Morgan fingerprint density at radius 2 is 1.75 bits per heavy atom. The van der Waals surface area contributed by atoms with Crippen LogP contribution in [0.1, 0.15) is 25.0 Å². The van der Waals surface area contributed by atoms with Crippen molar-refractivity contribution in [2.24, 2.45) is 0 Å². The summed E-state index contributed by atoms with van der Waals surface area (Å²) in [6.07, 6.45) is -2.32. The molecule has 0 bridgehead atoms. The van der Waals surface area contributed by atoms with E-state index in [1.54, 1.807) is 6.07 Å². The Balaban J connectivity index is 1.42. The van der Waals surface area contributed by atoms with E-state index in [0.717, 1.165) is 12.1 Å². The molecular formula is C24H21F4N3O4S. The molecule has 0 aliphatic carbocycles. The molecule has 3 aromatic rings. The lowest BCUT2D eigenvalue weighted by Gasteiger charge is -2.23. The molecule has 1 saturated heterocycles. The summed E-state index contributed by atoms with van der Waals surface area (Å²) in [5, 5.41) is 0. The van der Waals surface area contributed by atoms with Crippen LogP contribution in [0.3, 0.4) is 0 Å². The van der Waals surface area contributed by atoms with Gasteiger partial charge in [0.05, 0.1) is 16.6 Å². The summed E-state index contributed by atoms with van der Waals surface area (Å²) in [5.74, 6) is -1.17. The highest BCUT2D eigenvalue weighted by Crippen LogP contribution is 2.29. The predicted molar refractivity (Wildman–Crippen MR) is 121 cm³/mol. The van der Waals surface area contributed by atoms with Crippen molar-refractivity contribution < 1.29 is 35.5 Å². The minimum atomic E-state index is -4.79. The third kappa shape index (κ3) is 6.05. The standard InChI is InChI=1S/C24H21F4N3O4S/c25-17-5-10-20(11-6-17)36(33,34)31-13-1-2-22(31)23(32)12-7-18-14-21(30-15-29-18)16-3-8-19(9-4-16)35-24(26,27)28/h3-6,8-11,14-15,22H,1-2,7,12-13H2/t22-/m0/s1. The highest BCUT2D eigenvalue weighted by molar-refractivity contribution is 7.89. The van der Waals surface area contributed by atoms with Crippen LogP contribution < -0.4 is 4.74 Å². The van der Waals surface area contributed by atoms with E-state index in [9.17, 15) is 30.8 Å². The molecule has 0 saturated carbocycles. The van der Waals surface area contributed by atoms with Gasteiger partial charge in [-0.15, -0.1) is 13.2 Å². The van der Waals surface area contributed by atoms with E-state index in [4.69, 9.17) is 0 Å². The summed E-state index contributed by atoms with van der Waals surface area (Å²) in [6, 6.07) is 10.5. The molecule has 0 unspecified atom stereocenters. The number of halogens is 4. The van der Waals surface area contributed by atoms with Gasteiger partial charge in [0.1, 0.15) is 17.9 Å². The molecule has 1 atom stereocenters. The molecule has 7 nitrogen and oxygen atoms in total. The summed E-state index contributed by atoms with van der Waals surface area (Å²) in [6.45, 7) is 0.196. The molecule has 1 aromatic heterocycles. The topological polar surface area (TPSA) is 89.5 Å². The van der Waals surface area contributed by atoms with Crippen molar-refractivity contribution in [1.82, 2.24) is 14.3 Å². The Morgan fingerprint density at radius 3 is 2.42 bits per heavy atom. The summed E-state index contributed by atoms with van der Waals surface area (Å²) < 4.78 is 81.3. The van der Waals surface area contributed by atoms with E-state index in [1.807, 2.05) is 0 Å². The summed E-state index contributed by atoms with van der Waals surface area (Å²) in [4.78, 5) is 21.2. The van der Waals surface area contributed by atoms with Gasteiger partial charge in [0.2, 0.25) is 10.0 Å². The minimum Gasteiger partial charge on any atom is -0.406 e. The third-order valence-corrected chi connectivity index (χ3v) is 7.65. The maximum Gasteiger partial charge on any atom is 0.573 e. The van der Waals surface area contributed by atoms with Gasteiger partial charge in [0.25, 0.3) is 0 Å². The molecule has 1 aliphatic rings. The Labute approximate surface area is 204 Å². The second-order valence-corrected chi connectivity index (χ2v) is 10.1. The van der Waals surface area contributed by atoms with Crippen LogP contribution in [0.25, 0.3) is 11.3 Å². The van der Waals surface area contributed by atoms with E-state index in [-0.39, 0.29) is 35.8 Å². The van der Waals surface area contributed by atoms with Crippen molar-refractivity contribution in [1.29, 1.82) is 0 Å². The number of ketones is 1. The zero-order chi connectivity index (χ0) is 25.9. The maximum absolute atomic E-state index is 13.2. The van der Waals surface area contributed by atoms with Crippen molar-refractivity contribution >= 4 is 15.8 Å². The van der Waals surface area contributed by atoms with Crippen LogP contribution in [0.4, 0.5) is 17.6 Å². The van der Waals surface area contributed by atoms with Gasteiger partial charge in [-0.1, -0.05) is 0 Å². The van der Waals surface area contributed by atoms with Crippen LogP contribution in [0, 0.1) is 5.82 Å². The number of rotatable bonds is 8. The number of Topliss-reactive ketones (excluding diaryl/α,β-unsaturated/α-hetero) is 1. The number of aromatic nitrogens is 2. The number of alkyl halides is 3. The molecule has 12 heteroatoms. The van der Waals surface area contributed by atoms with Crippen LogP contribution in [0.15, 0.2) is 65.8 Å². The molecule has 1 fully saturated rings. The number of ether oxygens (including phenoxy) is 1. The maximum atomic E-state index is 13.2. The normalized spacial score (nSPS) is 16.7. The second-order valence-electron chi connectivity index (χ2n) is 8.16. The molecular weight excluding hydrogens is 502 g/mol. The SMILES string of the molecule is O=C(CCc1cc(-c2ccc(OC(F)(F)F)cc2)ncn1)[C@@H]1CCCN1S(=O)(=O)c1ccc(F)cc1. The van der Waals surface area contributed by atoms with E-state index < -0.39 is 28.2 Å². The van der Waals surface area contributed by atoms with Gasteiger partial charge in [0.15, 0.2) is 5.78 Å². The lowest BCUT2D eigenvalue weighted by atomic mass is 10.0. The number of carbonyl (C=O) groups is 1. The fraction of sp³-hybridized carbons (Fsp3) is 0.292. The second kappa shape index (κ2) is 10.3. The predicted octanol–water partition coefficient (Wildman–Crippen LogP) is 4.54. The summed E-state index contributed by atoms with van der Waals surface area (Å²) in [5.41, 5.74) is 1.51. The van der Waals surface area contributed by atoms with Crippen molar-refractivity contribution in [2.75, 3.05) is 6.54 Å². The molecule has 36 heavy (non-hydrogen) atoms. The average Bonchev–Trinajstić information content (AvgIpc) is 3.34. The monoisotopic (exact) mass is 523 g/mol. The number of benzene rings is 2. The molecule has 0 radical (unpaired) electrons. The molecule has 0 N–H and O–H groups in total. The van der Waals surface area contributed by atoms with E-state index in [1.165, 1.54) is 47.0 Å². The first-order chi connectivity index (χ1) is 17.0. The Kier molecular flexibility index (Phi) is 7.36. The van der Waals surface area contributed by atoms with Crippen molar-refractivity contribution in [2.45, 2.75) is 43.0 Å². The van der Waals surface area contributed by atoms with Gasteiger partial charge in [-0.3, -0.25) is 4.79 Å². The zero-order valence-corrected chi connectivity index (χ0v) is 19.6. The fourth-order valence-corrected chi connectivity index (χ4v) is 5.71. The molecule has 0 amide bonds. The van der Waals surface area contributed by atoms with Gasteiger partial charge in [-0.2, -0.15) is 4.31 Å². The largest absolute Gasteiger partial charge is 0.573 e. The van der Waals surface area contributed by atoms with Gasteiger partial charge < -0.3 is 4.74 Å². The highest BCUT2D eigenvalue weighted by atomic mass is 32.2. The first-order valence-corrected chi connectivity index (χ1v) is 12.4. The van der Waals surface area contributed by atoms with E-state index in [2.05, 4.69) is 14.7 Å². The van der Waals surface area contributed by atoms with Crippen molar-refractivity contribution in [3.8, 4) is 17.0 Å². The number of carbonyl (C=O) groups excluding carboxylic acids is 1. The van der Waals surface area contributed by atoms with Gasteiger partial charge in [-0.05, 0) is 73.9 Å². The number of sulfonamides is 1. The number of nitrogens with zero attached hydrogens (tertiary/aromatic N) is 3. The molecule has 2 aromatic carbocycles. The molecule has 2 heterocycles. The van der Waals surface area contributed by atoms with E-state index in [0.29, 0.717) is 29.8 Å². The molecule has 4 rings (SSSR count). The van der Waals surface area contributed by atoms with Crippen LogP contribution in [-0.4, -0.2) is 47.4 Å². The average molecular weight is 524 g/mol. The van der Waals surface area contributed by atoms with Crippen LogP contribution in [0.5, 0.6) is 5.75 Å². The number of aryl methyl sites for hydroxylation is 1. The van der Waals surface area contributed by atoms with Crippen LogP contribution >= 0.6 is 0 Å². The lowest BCUT2D eigenvalue weighted by Crippen LogP contribution is -2.40. The third-order valence-electron chi connectivity index (χ3n) is 5.73. The van der Waals surface area contributed by atoms with Crippen molar-refractivity contribution in [3.63, 3.8) is 0 Å². The molecule has 0 spiro atoms. The molecule has 1 aliphatic heterocycles. The highest BCUT2D eigenvalue weighted by Gasteiger charge is 2.39. The summed E-state index contributed by atoms with van der Waals surface area (Å²) in [7, 11) is -3.95. The van der Waals surface area contributed by atoms with Crippen molar-refractivity contribution in [3.05, 3.63) is 72.4 Å². The molecule has 190 valence electrons. The minimum absolute atomic E-state index is 0.0366. The van der Waals surface area contributed by atoms with Crippen LogP contribution in [-0.2, 0) is 21.2 Å². The van der Waals surface area contributed by atoms with Gasteiger partial charge >= 0.3 is 6.36 Å². The Morgan fingerprint density at radius 1 is 1.06 bits per heavy atom. The smallest absolute Gasteiger partial charge is 0.406 e. The fourth-order valence-electron chi connectivity index (χ4n) is 4.03.